The maximum Gasteiger partial charge on any atom is 0.327 e. The van der Waals surface area contributed by atoms with Gasteiger partial charge in [0.1, 0.15) is 0 Å². The zero-order chi connectivity index (χ0) is 7.70. The molecule has 2 heteroatoms. The number of hydrogen-bond donors (Lipinski definition) is 1. The molecule has 0 rings (SSSR count). The van der Waals surface area contributed by atoms with Gasteiger partial charge in [-0.05, 0) is 13.0 Å². The van der Waals surface area contributed by atoms with Crippen molar-refractivity contribution < 1.29 is 9.90 Å². The normalized spacial score (nSPS) is 5.44. The summed E-state index contributed by atoms with van der Waals surface area (Å²) < 4.78 is 0. The molecule has 0 amide bonds. The highest BCUT2D eigenvalue weighted by Crippen LogP contribution is 1.54. The molecule has 0 unspecified atom stereocenters. The van der Waals surface area contributed by atoms with Crippen LogP contribution in [0.3, 0.4) is 0 Å². The van der Waals surface area contributed by atoms with Crippen LogP contribution in [0.5, 0.6) is 0 Å². The maximum absolute atomic E-state index is 9.25. The summed E-state index contributed by atoms with van der Waals surface area (Å²) in [6.07, 6.45) is 2.60. The third-order valence-corrected chi connectivity index (χ3v) is 0.379. The van der Waals surface area contributed by atoms with Crippen molar-refractivity contribution in [2.24, 2.45) is 0 Å². The topological polar surface area (TPSA) is 37.3 Å². The first-order chi connectivity index (χ1) is 4.18. The lowest BCUT2D eigenvalue weighted by Crippen LogP contribution is -1.82. The Bertz CT molecular complexity index is 130. The van der Waals surface area contributed by atoms with E-state index in [0.717, 1.165) is 6.08 Å². The van der Waals surface area contributed by atoms with Crippen LogP contribution < -0.4 is 0 Å². The molecule has 50 valence electrons. The lowest BCUT2D eigenvalue weighted by Gasteiger charge is -1.64. The standard InChI is InChI=1S/C4H6.C3H4O2/c1-3-4-2;1-2-3(4)5/h4H,1H2,2H3;2H,1H2,(H,4,5). The summed E-state index contributed by atoms with van der Waals surface area (Å²) in [5.41, 5.74) is 2.56. The number of allylic oxidation sites excluding steroid dienone is 1. The average Bonchev–Trinajstić information content (AvgIpc) is 1.89. The quantitative estimate of drug-likeness (QED) is 0.428. The molecular weight excluding hydrogens is 116 g/mol. The van der Waals surface area contributed by atoms with Crippen molar-refractivity contribution in [3.63, 3.8) is 0 Å². The molecule has 0 spiro atoms. The van der Waals surface area contributed by atoms with Crippen molar-refractivity contribution in [2.75, 3.05) is 0 Å². The Morgan fingerprint density at radius 2 is 2.00 bits per heavy atom. The van der Waals surface area contributed by atoms with Gasteiger partial charge in [0, 0.05) is 6.08 Å². The first-order valence-corrected chi connectivity index (χ1v) is 2.34. The van der Waals surface area contributed by atoms with Crippen LogP contribution in [0.4, 0.5) is 0 Å². The van der Waals surface area contributed by atoms with Gasteiger partial charge in [0.15, 0.2) is 0 Å². The SMILES string of the molecule is C=C=CC.C=CC(=O)O. The van der Waals surface area contributed by atoms with Gasteiger partial charge in [0.25, 0.3) is 0 Å². The summed E-state index contributed by atoms with van der Waals surface area (Å²) in [4.78, 5) is 9.25. The summed E-state index contributed by atoms with van der Waals surface area (Å²) in [5.74, 6) is -0.981. The molecule has 0 aromatic carbocycles. The molecule has 0 aromatic heterocycles. The van der Waals surface area contributed by atoms with E-state index in [4.69, 9.17) is 5.11 Å². The fourth-order valence-corrected chi connectivity index (χ4v) is 0. The monoisotopic (exact) mass is 126 g/mol. The minimum Gasteiger partial charge on any atom is -0.478 e. The smallest absolute Gasteiger partial charge is 0.327 e. The minimum absolute atomic E-state index is 0.833. The molecule has 2 nitrogen and oxygen atoms in total. The summed E-state index contributed by atoms with van der Waals surface area (Å²) >= 11 is 0. The van der Waals surface area contributed by atoms with Gasteiger partial charge >= 0.3 is 5.97 Å². The Morgan fingerprint density at radius 1 is 1.78 bits per heavy atom. The molecular formula is C7H10O2. The molecule has 0 aliphatic rings. The second kappa shape index (κ2) is 9.88. The minimum atomic E-state index is -0.981. The maximum atomic E-state index is 9.25. The van der Waals surface area contributed by atoms with Gasteiger partial charge in [0.2, 0.25) is 0 Å². The average molecular weight is 126 g/mol. The molecule has 9 heavy (non-hydrogen) atoms. The zero-order valence-electron chi connectivity index (χ0n) is 5.42. The van der Waals surface area contributed by atoms with Gasteiger partial charge in [-0.2, -0.15) is 0 Å². The molecule has 0 aliphatic heterocycles. The van der Waals surface area contributed by atoms with Crippen LogP contribution in [-0.2, 0) is 4.79 Å². The van der Waals surface area contributed by atoms with Gasteiger partial charge in [-0.15, -0.1) is 5.73 Å². The summed E-state index contributed by atoms with van der Waals surface area (Å²) in [6, 6.07) is 0. The summed E-state index contributed by atoms with van der Waals surface area (Å²) in [6.45, 7) is 8.14. The summed E-state index contributed by atoms with van der Waals surface area (Å²) in [5, 5.41) is 7.60. The number of carbonyl (C=O) groups is 1. The molecule has 0 fully saturated rings. The van der Waals surface area contributed by atoms with Crippen molar-refractivity contribution in [2.45, 2.75) is 6.92 Å². The van der Waals surface area contributed by atoms with E-state index < -0.39 is 5.97 Å². The highest BCUT2D eigenvalue weighted by Gasteiger charge is 1.73. The van der Waals surface area contributed by atoms with Gasteiger partial charge in [-0.3, -0.25) is 0 Å². The highest BCUT2D eigenvalue weighted by atomic mass is 16.4. The van der Waals surface area contributed by atoms with E-state index in [0.29, 0.717) is 0 Å². The lowest BCUT2D eigenvalue weighted by molar-refractivity contribution is -0.131. The van der Waals surface area contributed by atoms with Crippen LogP contribution in [0.1, 0.15) is 6.92 Å². The highest BCUT2D eigenvalue weighted by molar-refractivity contribution is 5.78. The lowest BCUT2D eigenvalue weighted by atomic mass is 10.7. The van der Waals surface area contributed by atoms with Gasteiger partial charge in [-0.25, -0.2) is 4.79 Å². The van der Waals surface area contributed by atoms with Crippen LogP contribution in [0.25, 0.3) is 0 Å². The van der Waals surface area contributed by atoms with Crippen molar-refractivity contribution in [1.82, 2.24) is 0 Å². The van der Waals surface area contributed by atoms with Crippen molar-refractivity contribution >= 4 is 5.97 Å². The molecule has 0 saturated carbocycles. The van der Waals surface area contributed by atoms with E-state index in [1.165, 1.54) is 0 Å². The number of rotatable bonds is 1. The zero-order valence-corrected chi connectivity index (χ0v) is 5.42. The molecule has 0 aromatic rings. The third-order valence-electron chi connectivity index (χ3n) is 0.379. The van der Waals surface area contributed by atoms with E-state index in [2.05, 4.69) is 18.9 Å². The molecule has 0 radical (unpaired) electrons. The predicted octanol–water partition coefficient (Wildman–Crippen LogP) is 1.60. The molecule has 0 aliphatic carbocycles. The Hall–Kier alpha value is -1.27. The predicted molar refractivity (Wildman–Crippen MR) is 37.2 cm³/mol. The number of carboxylic acid groups (broad SMARTS) is 1. The van der Waals surface area contributed by atoms with Crippen molar-refractivity contribution in [1.29, 1.82) is 0 Å². The number of carboxylic acids is 1. The Morgan fingerprint density at radius 3 is 2.00 bits per heavy atom. The van der Waals surface area contributed by atoms with E-state index in [1.807, 2.05) is 6.92 Å². The van der Waals surface area contributed by atoms with Crippen LogP contribution in [0.15, 0.2) is 31.0 Å². The third kappa shape index (κ3) is 50.3. The number of aliphatic carboxylic acids is 1. The molecule has 0 saturated heterocycles. The van der Waals surface area contributed by atoms with E-state index in [-0.39, 0.29) is 0 Å². The fraction of sp³-hybridized carbons (Fsp3) is 0.143. The van der Waals surface area contributed by atoms with Gasteiger partial charge < -0.3 is 5.11 Å². The van der Waals surface area contributed by atoms with Crippen LogP contribution in [0, 0.1) is 0 Å². The van der Waals surface area contributed by atoms with Crippen molar-refractivity contribution in [3.05, 3.63) is 31.0 Å². The second-order valence-corrected chi connectivity index (χ2v) is 1.04. The fourth-order valence-electron chi connectivity index (χ4n) is 0. The second-order valence-electron chi connectivity index (χ2n) is 1.04. The van der Waals surface area contributed by atoms with Gasteiger partial charge in [0.05, 0.1) is 0 Å². The molecule has 1 N–H and O–H groups in total. The first kappa shape index (κ1) is 10.7. The Balaban J connectivity index is 0. The summed E-state index contributed by atoms with van der Waals surface area (Å²) in [7, 11) is 0. The van der Waals surface area contributed by atoms with Crippen molar-refractivity contribution in [3.8, 4) is 0 Å². The van der Waals surface area contributed by atoms with Gasteiger partial charge in [-0.1, -0.05) is 13.2 Å². The van der Waals surface area contributed by atoms with E-state index in [9.17, 15) is 4.79 Å². The van der Waals surface area contributed by atoms with E-state index in [1.54, 1.807) is 6.08 Å². The number of hydrogen-bond acceptors (Lipinski definition) is 1. The molecule has 0 heterocycles. The Labute approximate surface area is 54.8 Å². The molecule has 0 atom stereocenters. The Kier molecular flexibility index (Phi) is 11.7. The largest absolute Gasteiger partial charge is 0.478 e. The van der Waals surface area contributed by atoms with Crippen LogP contribution in [0.2, 0.25) is 0 Å². The molecule has 0 bridgehead atoms. The van der Waals surface area contributed by atoms with E-state index >= 15 is 0 Å². The van der Waals surface area contributed by atoms with Crippen LogP contribution in [-0.4, -0.2) is 11.1 Å². The van der Waals surface area contributed by atoms with Crippen LogP contribution >= 0.6 is 0 Å². The first-order valence-electron chi connectivity index (χ1n) is 2.34.